The Balaban J connectivity index is 2.93. The molecule has 0 aromatic carbocycles. The lowest BCUT2D eigenvalue weighted by molar-refractivity contribution is 0.282. The van der Waals surface area contributed by atoms with Crippen LogP contribution in [0.25, 0.3) is 0 Å². The fraction of sp³-hybridized carbons (Fsp3) is 0.900. The smallest absolute Gasteiger partial charge is 0.0431 e. The summed E-state index contributed by atoms with van der Waals surface area (Å²) in [6.07, 6.45) is 26.3. The minimum Gasteiger partial charge on any atom is -0.396 e. The van der Waals surface area contributed by atoms with Crippen molar-refractivity contribution in [2.75, 3.05) is 6.61 Å². The number of allylic oxidation sites excluding steroid dienone is 2. The number of unbranched alkanes of at least 4 members (excludes halogenated alkanes) is 15. The highest BCUT2D eigenvalue weighted by atomic mass is 16.2. The van der Waals surface area contributed by atoms with Crippen molar-refractivity contribution in [3.63, 3.8) is 0 Å². The molecule has 0 amide bonds. The molecule has 0 aliphatic heterocycles. The van der Waals surface area contributed by atoms with Gasteiger partial charge >= 0.3 is 0 Å². The molecule has 0 saturated carbocycles. The van der Waals surface area contributed by atoms with E-state index in [4.69, 9.17) is 5.11 Å². The number of aliphatic hydroxyl groups excluding tert-OH is 1. The molecular formula is C20H40O. The maximum Gasteiger partial charge on any atom is 0.0431 e. The van der Waals surface area contributed by atoms with Crippen LogP contribution in [0.2, 0.25) is 0 Å². The maximum atomic E-state index is 8.69. The minimum atomic E-state index is 0.371. The lowest BCUT2D eigenvalue weighted by atomic mass is 10.0. The zero-order valence-corrected chi connectivity index (χ0v) is 14.6. The molecule has 0 heterocycles. The highest BCUT2D eigenvalue weighted by molar-refractivity contribution is 4.76. The third kappa shape index (κ3) is 19.7. The standard InChI is InChI=1S/C20H40O/c1-2-3-4-5-6-7-8-9-10-11-12-13-14-15-16-17-18-19-20-21/h2-3,21H,4-20H2,1H3. The van der Waals surface area contributed by atoms with Crippen LogP contribution in [0.5, 0.6) is 0 Å². The Bertz CT molecular complexity index is 198. The Morgan fingerprint density at radius 2 is 0.857 bits per heavy atom. The molecule has 0 aliphatic rings. The van der Waals surface area contributed by atoms with Gasteiger partial charge in [0.25, 0.3) is 0 Å². The van der Waals surface area contributed by atoms with E-state index < -0.39 is 0 Å². The zero-order valence-electron chi connectivity index (χ0n) is 14.6. The second-order valence-corrected chi connectivity index (χ2v) is 6.38. The van der Waals surface area contributed by atoms with Crippen LogP contribution >= 0.6 is 0 Å². The number of hydrogen-bond acceptors (Lipinski definition) is 1. The fourth-order valence-electron chi connectivity index (χ4n) is 2.84. The van der Waals surface area contributed by atoms with Gasteiger partial charge in [0, 0.05) is 6.61 Å². The first-order valence-electron chi connectivity index (χ1n) is 9.64. The van der Waals surface area contributed by atoms with Crippen LogP contribution in [-0.2, 0) is 0 Å². The van der Waals surface area contributed by atoms with Crippen LogP contribution in [0.3, 0.4) is 0 Å². The first-order chi connectivity index (χ1) is 10.4. The van der Waals surface area contributed by atoms with Crippen molar-refractivity contribution in [2.24, 2.45) is 0 Å². The largest absolute Gasteiger partial charge is 0.396 e. The van der Waals surface area contributed by atoms with E-state index >= 15 is 0 Å². The Morgan fingerprint density at radius 1 is 0.524 bits per heavy atom. The second-order valence-electron chi connectivity index (χ2n) is 6.38. The van der Waals surface area contributed by atoms with Gasteiger partial charge in [-0.3, -0.25) is 0 Å². The molecule has 21 heavy (non-hydrogen) atoms. The van der Waals surface area contributed by atoms with Crippen LogP contribution in [0, 0.1) is 0 Å². The predicted octanol–water partition coefficient (Wildman–Crippen LogP) is 6.80. The average Bonchev–Trinajstić information content (AvgIpc) is 2.50. The molecule has 0 spiro atoms. The van der Waals surface area contributed by atoms with Gasteiger partial charge in [-0.2, -0.15) is 0 Å². The fourth-order valence-corrected chi connectivity index (χ4v) is 2.84. The van der Waals surface area contributed by atoms with Crippen molar-refractivity contribution < 1.29 is 5.11 Å². The first kappa shape index (κ1) is 20.7. The van der Waals surface area contributed by atoms with Crippen molar-refractivity contribution in [1.29, 1.82) is 0 Å². The van der Waals surface area contributed by atoms with E-state index in [1.807, 2.05) is 0 Å². The number of aliphatic hydroxyl groups is 1. The summed E-state index contributed by atoms with van der Waals surface area (Å²) < 4.78 is 0. The van der Waals surface area contributed by atoms with Crippen molar-refractivity contribution >= 4 is 0 Å². The van der Waals surface area contributed by atoms with E-state index in [1.54, 1.807) is 0 Å². The topological polar surface area (TPSA) is 20.2 Å². The molecule has 0 atom stereocenters. The summed E-state index contributed by atoms with van der Waals surface area (Å²) in [5.41, 5.74) is 0. The number of hydrogen-bond donors (Lipinski definition) is 1. The molecule has 0 bridgehead atoms. The van der Waals surface area contributed by atoms with Crippen LogP contribution in [-0.4, -0.2) is 11.7 Å². The molecule has 0 aromatic rings. The molecule has 0 unspecified atom stereocenters. The number of rotatable bonds is 17. The van der Waals surface area contributed by atoms with E-state index in [1.165, 1.54) is 96.3 Å². The van der Waals surface area contributed by atoms with Gasteiger partial charge in [-0.1, -0.05) is 95.6 Å². The molecule has 0 saturated heterocycles. The van der Waals surface area contributed by atoms with Crippen LogP contribution < -0.4 is 0 Å². The van der Waals surface area contributed by atoms with Crippen LogP contribution in [0.4, 0.5) is 0 Å². The monoisotopic (exact) mass is 296 g/mol. The van der Waals surface area contributed by atoms with Gasteiger partial charge in [-0.15, -0.1) is 0 Å². The van der Waals surface area contributed by atoms with Gasteiger partial charge in [-0.05, 0) is 26.2 Å². The normalized spacial score (nSPS) is 11.5. The zero-order chi connectivity index (χ0) is 15.4. The molecule has 0 rings (SSSR count). The summed E-state index contributed by atoms with van der Waals surface area (Å²) in [7, 11) is 0. The summed E-state index contributed by atoms with van der Waals surface area (Å²) in [6.45, 7) is 2.48. The highest BCUT2D eigenvalue weighted by Gasteiger charge is 1.94. The van der Waals surface area contributed by atoms with E-state index in [2.05, 4.69) is 19.1 Å². The molecular weight excluding hydrogens is 256 g/mol. The Hall–Kier alpha value is -0.300. The van der Waals surface area contributed by atoms with Crippen LogP contribution in [0.1, 0.15) is 110 Å². The maximum absolute atomic E-state index is 8.69. The minimum absolute atomic E-state index is 0.371. The summed E-state index contributed by atoms with van der Waals surface area (Å²) >= 11 is 0. The second kappa shape index (κ2) is 19.7. The van der Waals surface area contributed by atoms with Gasteiger partial charge < -0.3 is 5.11 Å². The van der Waals surface area contributed by atoms with E-state index in [-0.39, 0.29) is 0 Å². The molecule has 126 valence electrons. The predicted molar refractivity (Wildman–Crippen MR) is 95.8 cm³/mol. The van der Waals surface area contributed by atoms with Gasteiger partial charge in [0.1, 0.15) is 0 Å². The lowest BCUT2D eigenvalue weighted by Gasteiger charge is -2.03. The van der Waals surface area contributed by atoms with Crippen molar-refractivity contribution in [3.8, 4) is 0 Å². The molecule has 0 fully saturated rings. The van der Waals surface area contributed by atoms with E-state index in [0.29, 0.717) is 6.61 Å². The molecule has 0 aromatic heterocycles. The summed E-state index contributed by atoms with van der Waals surface area (Å²) in [5.74, 6) is 0. The van der Waals surface area contributed by atoms with Crippen molar-refractivity contribution in [3.05, 3.63) is 12.2 Å². The lowest BCUT2D eigenvalue weighted by Crippen LogP contribution is -1.85. The quantitative estimate of drug-likeness (QED) is 0.231. The van der Waals surface area contributed by atoms with E-state index in [9.17, 15) is 0 Å². The highest BCUT2D eigenvalue weighted by Crippen LogP contribution is 2.13. The molecule has 0 aliphatic carbocycles. The average molecular weight is 297 g/mol. The van der Waals surface area contributed by atoms with Crippen molar-refractivity contribution in [2.45, 2.75) is 110 Å². The Morgan fingerprint density at radius 3 is 1.19 bits per heavy atom. The molecule has 0 radical (unpaired) electrons. The Kier molecular flexibility index (Phi) is 19.4. The van der Waals surface area contributed by atoms with E-state index in [0.717, 1.165) is 6.42 Å². The Labute approximate surface area is 134 Å². The first-order valence-corrected chi connectivity index (χ1v) is 9.64. The van der Waals surface area contributed by atoms with Gasteiger partial charge in [0.15, 0.2) is 0 Å². The van der Waals surface area contributed by atoms with Gasteiger partial charge in [0.2, 0.25) is 0 Å². The van der Waals surface area contributed by atoms with Crippen molar-refractivity contribution in [1.82, 2.24) is 0 Å². The molecule has 1 N–H and O–H groups in total. The molecule has 1 heteroatoms. The SMILES string of the molecule is CC=CCCCCCCCCCCCCCCCCCO. The third-order valence-corrected chi connectivity index (χ3v) is 4.26. The van der Waals surface area contributed by atoms with Gasteiger partial charge in [-0.25, -0.2) is 0 Å². The van der Waals surface area contributed by atoms with Crippen LogP contribution in [0.15, 0.2) is 12.2 Å². The summed E-state index contributed by atoms with van der Waals surface area (Å²) in [6, 6.07) is 0. The summed E-state index contributed by atoms with van der Waals surface area (Å²) in [4.78, 5) is 0. The molecule has 1 nitrogen and oxygen atoms in total. The van der Waals surface area contributed by atoms with Gasteiger partial charge in [0.05, 0.1) is 0 Å². The summed E-state index contributed by atoms with van der Waals surface area (Å²) in [5, 5.41) is 8.69. The third-order valence-electron chi connectivity index (χ3n) is 4.26.